The maximum Gasteiger partial charge on any atom is 0.0194 e. The van der Waals surface area contributed by atoms with E-state index in [9.17, 15) is 0 Å². The number of nitrogens with one attached hydrogen (secondary N) is 1. The minimum Gasteiger partial charge on any atom is -0.309 e. The van der Waals surface area contributed by atoms with Gasteiger partial charge in [-0.25, -0.2) is 0 Å². The van der Waals surface area contributed by atoms with E-state index < -0.39 is 0 Å². The number of hydrogen-bond acceptors (Lipinski definition) is 2. The quantitative estimate of drug-likeness (QED) is 0.861. The van der Waals surface area contributed by atoms with Crippen LogP contribution in [0, 0.1) is 0 Å². The molecule has 1 aliphatic heterocycles. The van der Waals surface area contributed by atoms with Gasteiger partial charge in [-0.2, -0.15) is 11.8 Å². The maximum absolute atomic E-state index is 3.83. The SMILES string of the molecule is CC1SCCC1NC1CC1c1ccccc1. The highest BCUT2D eigenvalue weighted by Gasteiger charge is 2.40. The molecule has 3 rings (SSSR count). The van der Waals surface area contributed by atoms with Crippen LogP contribution in [0.5, 0.6) is 0 Å². The maximum atomic E-state index is 3.83. The summed E-state index contributed by atoms with van der Waals surface area (Å²) in [6.07, 6.45) is 2.68. The molecule has 1 aliphatic carbocycles. The molecule has 0 aromatic heterocycles. The number of rotatable bonds is 3. The summed E-state index contributed by atoms with van der Waals surface area (Å²) < 4.78 is 0. The summed E-state index contributed by atoms with van der Waals surface area (Å²) in [4.78, 5) is 0. The molecule has 2 fully saturated rings. The first kappa shape index (κ1) is 10.7. The first-order valence-electron chi connectivity index (χ1n) is 6.27. The Balaban J connectivity index is 1.56. The molecule has 4 unspecified atom stereocenters. The van der Waals surface area contributed by atoms with Crippen LogP contribution in [0.25, 0.3) is 0 Å². The van der Waals surface area contributed by atoms with E-state index in [2.05, 4.69) is 54.3 Å². The van der Waals surface area contributed by atoms with Crippen molar-refractivity contribution in [1.82, 2.24) is 5.32 Å². The summed E-state index contributed by atoms with van der Waals surface area (Å²) in [5.41, 5.74) is 1.51. The summed E-state index contributed by atoms with van der Waals surface area (Å²) in [7, 11) is 0. The molecular formula is C14H19NS. The third-order valence-corrected chi connectivity index (χ3v) is 5.15. The van der Waals surface area contributed by atoms with Crippen molar-refractivity contribution in [3.05, 3.63) is 35.9 Å². The smallest absolute Gasteiger partial charge is 0.0194 e. The minimum atomic E-state index is 0.744. The van der Waals surface area contributed by atoms with Crippen LogP contribution >= 0.6 is 11.8 Å². The molecule has 2 heteroatoms. The lowest BCUT2D eigenvalue weighted by Gasteiger charge is -2.16. The van der Waals surface area contributed by atoms with Crippen LogP contribution < -0.4 is 5.32 Å². The summed E-state index contributed by atoms with van der Waals surface area (Å²) in [6.45, 7) is 2.36. The molecule has 1 saturated heterocycles. The van der Waals surface area contributed by atoms with E-state index in [1.165, 1.54) is 24.2 Å². The molecule has 1 nitrogen and oxygen atoms in total. The van der Waals surface area contributed by atoms with Gasteiger partial charge in [0.05, 0.1) is 0 Å². The van der Waals surface area contributed by atoms with Crippen LogP contribution in [-0.4, -0.2) is 23.1 Å². The van der Waals surface area contributed by atoms with Crippen molar-refractivity contribution in [1.29, 1.82) is 0 Å². The lowest BCUT2D eigenvalue weighted by Crippen LogP contribution is -2.35. The van der Waals surface area contributed by atoms with Crippen molar-refractivity contribution in [3.8, 4) is 0 Å². The van der Waals surface area contributed by atoms with E-state index in [1.807, 2.05) is 0 Å². The Kier molecular flexibility index (Phi) is 2.95. The van der Waals surface area contributed by atoms with Gasteiger partial charge in [-0.15, -0.1) is 0 Å². The molecule has 2 aliphatic rings. The highest BCUT2D eigenvalue weighted by molar-refractivity contribution is 8.00. The largest absolute Gasteiger partial charge is 0.309 e. The molecule has 4 atom stereocenters. The van der Waals surface area contributed by atoms with Crippen molar-refractivity contribution in [2.24, 2.45) is 0 Å². The van der Waals surface area contributed by atoms with Crippen LogP contribution in [0.1, 0.15) is 31.2 Å². The Labute approximate surface area is 102 Å². The first-order valence-corrected chi connectivity index (χ1v) is 7.32. The predicted octanol–water partition coefficient (Wildman–Crippen LogP) is 3.03. The van der Waals surface area contributed by atoms with E-state index in [0.717, 1.165) is 23.3 Å². The molecule has 16 heavy (non-hydrogen) atoms. The fourth-order valence-electron chi connectivity index (χ4n) is 2.67. The van der Waals surface area contributed by atoms with Crippen molar-refractivity contribution >= 4 is 11.8 Å². The standard InChI is InChI=1S/C14H19NS/c1-10-13(7-8-16-10)15-14-9-12(14)11-5-3-2-4-6-11/h2-6,10,12-15H,7-9H2,1H3. The molecule has 0 radical (unpaired) electrons. The second-order valence-corrected chi connectivity index (χ2v) is 6.48. The number of thioether (sulfide) groups is 1. The zero-order chi connectivity index (χ0) is 11.0. The first-order chi connectivity index (χ1) is 7.84. The van der Waals surface area contributed by atoms with Crippen molar-refractivity contribution in [2.45, 2.75) is 43.0 Å². The zero-order valence-electron chi connectivity index (χ0n) is 9.73. The molecular weight excluding hydrogens is 214 g/mol. The minimum absolute atomic E-state index is 0.744. The van der Waals surface area contributed by atoms with Crippen LogP contribution in [0.4, 0.5) is 0 Å². The molecule has 1 aromatic rings. The number of hydrogen-bond donors (Lipinski definition) is 1. The van der Waals surface area contributed by atoms with E-state index in [0.29, 0.717) is 0 Å². The average Bonchev–Trinajstić information content (AvgIpc) is 2.97. The molecule has 0 bridgehead atoms. The van der Waals surface area contributed by atoms with Crippen molar-refractivity contribution < 1.29 is 0 Å². The van der Waals surface area contributed by atoms with Crippen LogP contribution in [-0.2, 0) is 0 Å². The van der Waals surface area contributed by atoms with E-state index in [1.54, 1.807) is 0 Å². The second kappa shape index (κ2) is 4.42. The monoisotopic (exact) mass is 233 g/mol. The van der Waals surface area contributed by atoms with E-state index in [-0.39, 0.29) is 0 Å². The highest BCUT2D eigenvalue weighted by Crippen LogP contribution is 2.42. The van der Waals surface area contributed by atoms with Crippen LogP contribution in [0.3, 0.4) is 0 Å². The Morgan fingerprint density at radius 2 is 2.00 bits per heavy atom. The molecule has 0 amide bonds. The summed E-state index contributed by atoms with van der Waals surface area (Å²) >= 11 is 2.11. The molecule has 1 saturated carbocycles. The van der Waals surface area contributed by atoms with Crippen molar-refractivity contribution in [3.63, 3.8) is 0 Å². The summed E-state index contributed by atoms with van der Waals surface area (Å²) in [5, 5.41) is 4.63. The lowest BCUT2D eigenvalue weighted by molar-refractivity contribution is 0.505. The average molecular weight is 233 g/mol. The molecule has 1 aromatic carbocycles. The van der Waals surface area contributed by atoms with Gasteiger partial charge in [-0.3, -0.25) is 0 Å². The molecule has 0 spiro atoms. The van der Waals surface area contributed by atoms with E-state index in [4.69, 9.17) is 0 Å². The fraction of sp³-hybridized carbons (Fsp3) is 0.571. The molecule has 1 N–H and O–H groups in total. The third-order valence-electron chi connectivity index (χ3n) is 3.82. The van der Waals surface area contributed by atoms with Gasteiger partial charge in [0.25, 0.3) is 0 Å². The van der Waals surface area contributed by atoms with Gasteiger partial charge in [0, 0.05) is 23.3 Å². The summed E-state index contributed by atoms with van der Waals surface area (Å²) in [5.74, 6) is 2.11. The molecule has 86 valence electrons. The number of benzene rings is 1. The van der Waals surface area contributed by atoms with Gasteiger partial charge >= 0.3 is 0 Å². The Hall–Kier alpha value is -0.470. The predicted molar refractivity (Wildman–Crippen MR) is 71.0 cm³/mol. The Bertz CT molecular complexity index is 351. The van der Waals surface area contributed by atoms with Crippen LogP contribution in [0.15, 0.2) is 30.3 Å². The zero-order valence-corrected chi connectivity index (χ0v) is 10.5. The topological polar surface area (TPSA) is 12.0 Å². The fourth-order valence-corrected chi connectivity index (χ4v) is 3.88. The van der Waals surface area contributed by atoms with Gasteiger partial charge in [-0.05, 0) is 24.2 Å². The highest BCUT2D eigenvalue weighted by atomic mass is 32.2. The third kappa shape index (κ3) is 2.14. The van der Waals surface area contributed by atoms with Gasteiger partial charge < -0.3 is 5.32 Å². The second-order valence-electron chi connectivity index (χ2n) is 5.00. The lowest BCUT2D eigenvalue weighted by atomic mass is 10.1. The summed E-state index contributed by atoms with van der Waals surface area (Å²) in [6, 6.07) is 12.4. The Morgan fingerprint density at radius 3 is 2.69 bits per heavy atom. The Morgan fingerprint density at radius 1 is 1.19 bits per heavy atom. The van der Waals surface area contributed by atoms with Crippen LogP contribution in [0.2, 0.25) is 0 Å². The van der Waals surface area contributed by atoms with Gasteiger partial charge in [0.2, 0.25) is 0 Å². The van der Waals surface area contributed by atoms with Gasteiger partial charge in [-0.1, -0.05) is 37.3 Å². The van der Waals surface area contributed by atoms with E-state index >= 15 is 0 Å². The van der Waals surface area contributed by atoms with Gasteiger partial charge in [0.15, 0.2) is 0 Å². The normalized spacial score (nSPS) is 37.6. The van der Waals surface area contributed by atoms with Gasteiger partial charge in [0.1, 0.15) is 0 Å². The molecule has 1 heterocycles. The van der Waals surface area contributed by atoms with Crippen molar-refractivity contribution in [2.75, 3.05) is 5.75 Å².